The number of carbonyl (C=O) groups excluding carboxylic acids is 1. The van der Waals surface area contributed by atoms with Gasteiger partial charge in [-0.15, -0.1) is 0 Å². The Balaban J connectivity index is 1.69. The number of halogens is 1. The van der Waals surface area contributed by atoms with E-state index < -0.39 is 5.60 Å². The van der Waals surface area contributed by atoms with Crippen molar-refractivity contribution in [3.05, 3.63) is 33.4 Å². The summed E-state index contributed by atoms with van der Waals surface area (Å²) in [5, 5.41) is 10.2. The summed E-state index contributed by atoms with van der Waals surface area (Å²) in [5.74, 6) is 0.469. The van der Waals surface area contributed by atoms with Crippen molar-refractivity contribution in [1.82, 2.24) is 4.90 Å². The first-order valence-electron chi connectivity index (χ1n) is 5.86. The van der Waals surface area contributed by atoms with Gasteiger partial charge in [0.25, 0.3) is 5.91 Å². The summed E-state index contributed by atoms with van der Waals surface area (Å²) in [6.07, 6.45) is 2.23. The molecule has 0 bridgehead atoms. The molecular weight excluding hydrogens is 329 g/mol. The Morgan fingerprint density at radius 2 is 2.12 bits per heavy atom. The van der Waals surface area contributed by atoms with Crippen molar-refractivity contribution in [2.24, 2.45) is 5.92 Å². The molecule has 1 aliphatic heterocycles. The van der Waals surface area contributed by atoms with Gasteiger partial charge in [0.15, 0.2) is 0 Å². The molecule has 1 aromatic rings. The van der Waals surface area contributed by atoms with Crippen LogP contribution in [-0.2, 0) is 0 Å². The van der Waals surface area contributed by atoms with Gasteiger partial charge < -0.3 is 10.0 Å². The predicted molar refractivity (Wildman–Crippen MR) is 72.7 cm³/mol. The number of hydrogen-bond acceptors (Lipinski definition) is 2. The Kier molecular flexibility index (Phi) is 2.66. The van der Waals surface area contributed by atoms with Gasteiger partial charge in [-0.2, -0.15) is 0 Å². The quantitative estimate of drug-likeness (QED) is 0.834. The lowest BCUT2D eigenvalue weighted by atomic mass is 9.88. The molecule has 1 aromatic carbocycles. The number of carbonyl (C=O) groups is 1. The van der Waals surface area contributed by atoms with Crippen LogP contribution in [0.3, 0.4) is 0 Å². The first-order valence-corrected chi connectivity index (χ1v) is 6.94. The van der Waals surface area contributed by atoms with E-state index >= 15 is 0 Å². The van der Waals surface area contributed by atoms with Crippen LogP contribution in [0.5, 0.6) is 0 Å². The SMILES string of the molecule is O=C(c1cccc(I)c1)N1CC(O)(C2CC2)C1. The molecule has 90 valence electrons. The molecular formula is C13H14INO2. The molecule has 1 amide bonds. The topological polar surface area (TPSA) is 40.5 Å². The fraction of sp³-hybridized carbons (Fsp3) is 0.462. The number of β-amino-alcohol motifs (C(OH)–C–C–N with tert-alkyl or cyclic N) is 1. The number of amides is 1. The van der Waals surface area contributed by atoms with Crippen LogP contribution in [0.1, 0.15) is 23.2 Å². The van der Waals surface area contributed by atoms with Crippen molar-refractivity contribution in [3.8, 4) is 0 Å². The Morgan fingerprint density at radius 1 is 1.41 bits per heavy atom. The zero-order chi connectivity index (χ0) is 12.0. The lowest BCUT2D eigenvalue weighted by Crippen LogP contribution is -2.64. The van der Waals surface area contributed by atoms with Gasteiger partial charge in [-0.25, -0.2) is 0 Å². The molecule has 0 aromatic heterocycles. The standard InChI is InChI=1S/C13H14INO2/c14-11-3-1-2-9(6-11)12(16)15-7-13(17,8-15)10-4-5-10/h1-3,6,10,17H,4-5,7-8H2. The summed E-state index contributed by atoms with van der Waals surface area (Å²) < 4.78 is 1.06. The van der Waals surface area contributed by atoms with E-state index in [0.29, 0.717) is 19.0 Å². The lowest BCUT2D eigenvalue weighted by Gasteiger charge is -2.47. The minimum absolute atomic E-state index is 0.0360. The summed E-state index contributed by atoms with van der Waals surface area (Å²) in [7, 11) is 0. The lowest BCUT2D eigenvalue weighted by molar-refractivity contribution is -0.0958. The summed E-state index contributed by atoms with van der Waals surface area (Å²) >= 11 is 2.20. The van der Waals surface area contributed by atoms with Gasteiger partial charge in [-0.1, -0.05) is 6.07 Å². The third kappa shape index (κ3) is 2.08. The maximum absolute atomic E-state index is 12.1. The van der Waals surface area contributed by atoms with Crippen LogP contribution in [0.4, 0.5) is 0 Å². The zero-order valence-electron chi connectivity index (χ0n) is 9.40. The average Bonchev–Trinajstić information content (AvgIpc) is 3.08. The van der Waals surface area contributed by atoms with Crippen molar-refractivity contribution < 1.29 is 9.90 Å². The van der Waals surface area contributed by atoms with Crippen molar-refractivity contribution in [2.75, 3.05) is 13.1 Å². The third-order valence-corrected chi connectivity index (χ3v) is 4.30. The van der Waals surface area contributed by atoms with Gasteiger partial charge in [-0.3, -0.25) is 4.79 Å². The summed E-state index contributed by atoms with van der Waals surface area (Å²) in [6, 6.07) is 7.58. The largest absolute Gasteiger partial charge is 0.386 e. The van der Waals surface area contributed by atoms with Gasteiger partial charge in [0.1, 0.15) is 5.60 Å². The molecule has 1 saturated heterocycles. The Morgan fingerprint density at radius 3 is 2.71 bits per heavy atom. The van der Waals surface area contributed by atoms with Crippen molar-refractivity contribution in [3.63, 3.8) is 0 Å². The second-order valence-corrected chi connectivity index (χ2v) is 6.30. The molecule has 1 aliphatic carbocycles. The van der Waals surface area contributed by atoms with Crippen molar-refractivity contribution >= 4 is 28.5 Å². The van der Waals surface area contributed by atoms with Crippen LogP contribution >= 0.6 is 22.6 Å². The minimum Gasteiger partial charge on any atom is -0.386 e. The highest BCUT2D eigenvalue weighted by Gasteiger charge is 2.53. The first-order chi connectivity index (χ1) is 8.08. The van der Waals surface area contributed by atoms with Crippen molar-refractivity contribution in [1.29, 1.82) is 0 Å². The Bertz CT molecular complexity index is 464. The van der Waals surface area contributed by atoms with E-state index in [1.807, 2.05) is 24.3 Å². The molecule has 1 N–H and O–H groups in total. The van der Waals surface area contributed by atoms with E-state index in [1.165, 1.54) is 0 Å². The molecule has 2 fully saturated rings. The number of nitrogens with zero attached hydrogens (tertiary/aromatic N) is 1. The summed E-state index contributed by atoms with van der Waals surface area (Å²) in [6.45, 7) is 1.00. The molecule has 1 heterocycles. The van der Waals surface area contributed by atoms with E-state index in [0.717, 1.165) is 22.0 Å². The van der Waals surface area contributed by atoms with Crippen LogP contribution < -0.4 is 0 Å². The number of hydrogen-bond donors (Lipinski definition) is 1. The second-order valence-electron chi connectivity index (χ2n) is 5.05. The fourth-order valence-corrected chi connectivity index (χ4v) is 2.98. The Labute approximate surface area is 114 Å². The molecule has 2 aliphatic rings. The normalized spacial score (nSPS) is 22.1. The second kappa shape index (κ2) is 3.95. The van der Waals surface area contributed by atoms with Crippen LogP contribution in [0, 0.1) is 9.49 Å². The average molecular weight is 343 g/mol. The molecule has 0 spiro atoms. The molecule has 3 rings (SSSR count). The van der Waals surface area contributed by atoms with E-state index in [1.54, 1.807) is 4.90 Å². The number of rotatable bonds is 2. The third-order valence-electron chi connectivity index (χ3n) is 3.63. The molecule has 1 saturated carbocycles. The van der Waals surface area contributed by atoms with Gasteiger partial charge in [0.2, 0.25) is 0 Å². The molecule has 0 atom stereocenters. The number of likely N-dealkylation sites (tertiary alicyclic amines) is 1. The highest BCUT2D eigenvalue weighted by Crippen LogP contribution is 2.44. The smallest absolute Gasteiger partial charge is 0.254 e. The minimum atomic E-state index is -0.586. The van der Waals surface area contributed by atoms with Crippen LogP contribution in [-0.4, -0.2) is 34.6 Å². The van der Waals surface area contributed by atoms with E-state index in [9.17, 15) is 9.90 Å². The van der Waals surface area contributed by atoms with Crippen LogP contribution in [0.25, 0.3) is 0 Å². The summed E-state index contributed by atoms with van der Waals surface area (Å²) in [4.78, 5) is 13.9. The zero-order valence-corrected chi connectivity index (χ0v) is 11.6. The fourth-order valence-electron chi connectivity index (χ4n) is 2.44. The highest BCUT2D eigenvalue weighted by molar-refractivity contribution is 14.1. The molecule has 3 nitrogen and oxygen atoms in total. The van der Waals surface area contributed by atoms with Crippen molar-refractivity contribution in [2.45, 2.75) is 18.4 Å². The first kappa shape index (κ1) is 11.5. The monoisotopic (exact) mass is 343 g/mol. The number of benzene rings is 1. The Hall–Kier alpha value is -0.620. The van der Waals surface area contributed by atoms with Gasteiger partial charge in [-0.05, 0) is 59.5 Å². The maximum Gasteiger partial charge on any atom is 0.254 e. The van der Waals surface area contributed by atoms with Gasteiger partial charge in [0, 0.05) is 9.13 Å². The highest BCUT2D eigenvalue weighted by atomic mass is 127. The maximum atomic E-state index is 12.1. The summed E-state index contributed by atoms with van der Waals surface area (Å²) in [5.41, 5.74) is 0.132. The molecule has 4 heteroatoms. The van der Waals surface area contributed by atoms with Gasteiger partial charge in [0.05, 0.1) is 13.1 Å². The number of aliphatic hydroxyl groups is 1. The van der Waals surface area contributed by atoms with E-state index in [-0.39, 0.29) is 5.91 Å². The van der Waals surface area contributed by atoms with Crippen LogP contribution in [0.15, 0.2) is 24.3 Å². The van der Waals surface area contributed by atoms with E-state index in [4.69, 9.17) is 0 Å². The van der Waals surface area contributed by atoms with Crippen LogP contribution in [0.2, 0.25) is 0 Å². The molecule has 0 radical (unpaired) electrons. The molecule has 0 unspecified atom stereocenters. The van der Waals surface area contributed by atoms with E-state index in [2.05, 4.69) is 22.6 Å². The van der Waals surface area contributed by atoms with Gasteiger partial charge >= 0.3 is 0 Å². The molecule has 17 heavy (non-hydrogen) atoms. The predicted octanol–water partition coefficient (Wildman–Crippen LogP) is 1.89.